The molecule has 0 atom stereocenters. The van der Waals surface area contributed by atoms with E-state index in [2.05, 4.69) is 25.9 Å². The average Bonchev–Trinajstić information content (AvgIpc) is 2.63. The van der Waals surface area contributed by atoms with E-state index >= 15 is 0 Å². The summed E-state index contributed by atoms with van der Waals surface area (Å²) in [6, 6.07) is 7.20. The molecule has 136 valence electrons. The van der Waals surface area contributed by atoms with Crippen molar-refractivity contribution in [2.75, 3.05) is 18.9 Å². The maximum atomic E-state index is 12.2. The van der Waals surface area contributed by atoms with E-state index in [-0.39, 0.29) is 17.8 Å². The maximum absolute atomic E-state index is 12.2. The summed E-state index contributed by atoms with van der Waals surface area (Å²) in [5.41, 5.74) is 3.81. The number of aromatic nitrogens is 1. The normalized spacial score (nSPS) is 11.0. The molecule has 0 saturated carbocycles. The van der Waals surface area contributed by atoms with E-state index in [4.69, 9.17) is 0 Å². The van der Waals surface area contributed by atoms with Crippen LogP contribution in [0, 0.1) is 6.92 Å². The molecule has 0 spiro atoms. The number of anilines is 1. The first-order valence-electron chi connectivity index (χ1n) is 8.30. The molecule has 2 amide bonds. The van der Waals surface area contributed by atoms with Gasteiger partial charge in [-0.2, -0.15) is 0 Å². The largest absolute Gasteiger partial charge is 0.338 e. The van der Waals surface area contributed by atoms with E-state index in [1.165, 1.54) is 6.92 Å². The topological polar surface area (TPSA) is 95.5 Å². The van der Waals surface area contributed by atoms with Crippen LogP contribution in [0.25, 0.3) is 11.1 Å². The number of pyridine rings is 1. The number of hydrogen-bond acceptors (Lipinski definition) is 4. The van der Waals surface area contributed by atoms with Crippen LogP contribution in [0.2, 0.25) is 0 Å². The van der Waals surface area contributed by atoms with E-state index < -0.39 is 0 Å². The van der Waals surface area contributed by atoms with Crippen LogP contribution in [-0.2, 0) is 0 Å². The lowest BCUT2D eigenvalue weighted by Crippen LogP contribution is -2.42. The van der Waals surface area contributed by atoms with Gasteiger partial charge in [0.2, 0.25) is 5.96 Å². The average molecular weight is 353 g/mol. The number of nitrogens with one attached hydrogen (secondary N) is 3. The van der Waals surface area contributed by atoms with Gasteiger partial charge >= 0.3 is 6.03 Å². The molecule has 7 nitrogen and oxygen atoms in total. The number of urea groups is 1. The minimum Gasteiger partial charge on any atom is -0.338 e. The number of ketones is 1. The number of benzene rings is 1. The van der Waals surface area contributed by atoms with Gasteiger partial charge < -0.3 is 10.6 Å². The molecule has 0 saturated heterocycles. The number of Topliss-reactive ketones (excluding diaryl/α,β-unsaturated/α-hetero) is 1. The Balaban J connectivity index is 2.39. The lowest BCUT2D eigenvalue weighted by molar-refractivity contribution is 0.101. The summed E-state index contributed by atoms with van der Waals surface area (Å²) in [6.07, 6.45) is 3.45. The van der Waals surface area contributed by atoms with Gasteiger partial charge in [0, 0.05) is 37.1 Å². The van der Waals surface area contributed by atoms with Gasteiger partial charge in [-0.15, -0.1) is 0 Å². The first kappa shape index (κ1) is 19.1. The lowest BCUT2D eigenvalue weighted by atomic mass is 9.97. The van der Waals surface area contributed by atoms with Crippen molar-refractivity contribution in [2.24, 2.45) is 4.99 Å². The fourth-order valence-electron chi connectivity index (χ4n) is 2.50. The van der Waals surface area contributed by atoms with Crippen LogP contribution in [0.1, 0.15) is 29.8 Å². The third-order valence-electron chi connectivity index (χ3n) is 3.75. The Morgan fingerprint density at radius 1 is 1.23 bits per heavy atom. The van der Waals surface area contributed by atoms with E-state index in [9.17, 15) is 9.59 Å². The molecule has 0 aliphatic heterocycles. The van der Waals surface area contributed by atoms with Crippen LogP contribution < -0.4 is 16.0 Å². The number of hydrogen-bond donors (Lipinski definition) is 3. The molecule has 26 heavy (non-hydrogen) atoms. The van der Waals surface area contributed by atoms with Crippen LogP contribution in [0.15, 0.2) is 41.7 Å². The van der Waals surface area contributed by atoms with Gasteiger partial charge in [-0.25, -0.2) is 4.79 Å². The number of amides is 2. The molecule has 0 aliphatic carbocycles. The second-order valence-corrected chi connectivity index (χ2v) is 5.70. The molecule has 3 N–H and O–H groups in total. The van der Waals surface area contributed by atoms with Crippen LogP contribution >= 0.6 is 0 Å². The molecular formula is C19H23N5O2. The Bertz CT molecular complexity index is 831. The number of carbonyl (C=O) groups excluding carboxylic acids is 2. The van der Waals surface area contributed by atoms with Crippen LogP contribution in [0.3, 0.4) is 0 Å². The SMILES string of the molecule is CCNC(=O)NC(=NC)Nc1c(C)cc(-c2cccnc2)cc1C(C)=O. The number of aryl methyl sites for hydroxylation is 1. The second kappa shape index (κ2) is 8.75. The highest BCUT2D eigenvalue weighted by atomic mass is 16.2. The van der Waals surface area contributed by atoms with E-state index in [1.807, 2.05) is 38.1 Å². The van der Waals surface area contributed by atoms with Crippen molar-refractivity contribution in [3.63, 3.8) is 0 Å². The highest BCUT2D eigenvalue weighted by Gasteiger charge is 2.15. The molecule has 0 bridgehead atoms. The summed E-state index contributed by atoms with van der Waals surface area (Å²) in [6.45, 7) is 5.73. The van der Waals surface area contributed by atoms with Crippen molar-refractivity contribution >= 4 is 23.5 Å². The number of nitrogens with zero attached hydrogens (tertiary/aromatic N) is 2. The van der Waals surface area contributed by atoms with Crippen molar-refractivity contribution in [1.29, 1.82) is 0 Å². The van der Waals surface area contributed by atoms with Crippen molar-refractivity contribution in [1.82, 2.24) is 15.6 Å². The smallest absolute Gasteiger partial charge is 0.321 e. The Morgan fingerprint density at radius 3 is 2.58 bits per heavy atom. The van der Waals surface area contributed by atoms with Crippen molar-refractivity contribution < 1.29 is 9.59 Å². The van der Waals surface area contributed by atoms with Crippen molar-refractivity contribution in [3.8, 4) is 11.1 Å². The zero-order chi connectivity index (χ0) is 19.1. The Kier molecular flexibility index (Phi) is 6.43. The third kappa shape index (κ3) is 4.66. The summed E-state index contributed by atoms with van der Waals surface area (Å²) in [4.78, 5) is 32.1. The summed E-state index contributed by atoms with van der Waals surface area (Å²) in [5, 5.41) is 8.31. The monoisotopic (exact) mass is 353 g/mol. The van der Waals surface area contributed by atoms with E-state index in [0.29, 0.717) is 17.8 Å². The first-order chi connectivity index (χ1) is 12.5. The van der Waals surface area contributed by atoms with Gasteiger partial charge in [-0.05, 0) is 50.1 Å². The molecule has 0 radical (unpaired) electrons. The molecule has 1 aromatic heterocycles. The summed E-state index contributed by atoms with van der Waals surface area (Å²) in [7, 11) is 1.56. The second-order valence-electron chi connectivity index (χ2n) is 5.70. The molecule has 1 aromatic carbocycles. The zero-order valence-electron chi connectivity index (χ0n) is 15.4. The predicted molar refractivity (Wildman–Crippen MR) is 104 cm³/mol. The number of aliphatic imine (C=N–C) groups is 1. The zero-order valence-corrected chi connectivity index (χ0v) is 15.4. The van der Waals surface area contributed by atoms with Gasteiger partial charge in [-0.3, -0.25) is 20.1 Å². The van der Waals surface area contributed by atoms with Crippen LogP contribution in [0.5, 0.6) is 0 Å². The number of rotatable bonds is 4. The molecule has 0 aliphatic rings. The van der Waals surface area contributed by atoms with E-state index in [0.717, 1.165) is 16.7 Å². The van der Waals surface area contributed by atoms with E-state index in [1.54, 1.807) is 19.4 Å². The fraction of sp³-hybridized carbons (Fsp3) is 0.263. The van der Waals surface area contributed by atoms with Crippen LogP contribution in [0.4, 0.5) is 10.5 Å². The summed E-state index contributed by atoms with van der Waals surface area (Å²) in [5.74, 6) is 0.172. The molecular weight excluding hydrogens is 330 g/mol. The summed E-state index contributed by atoms with van der Waals surface area (Å²) >= 11 is 0. The maximum Gasteiger partial charge on any atom is 0.321 e. The lowest BCUT2D eigenvalue weighted by Gasteiger charge is -2.17. The minimum atomic E-state index is -0.366. The van der Waals surface area contributed by atoms with Gasteiger partial charge in [0.05, 0.1) is 5.69 Å². The van der Waals surface area contributed by atoms with Gasteiger partial charge in [0.15, 0.2) is 5.78 Å². The van der Waals surface area contributed by atoms with Crippen molar-refractivity contribution in [2.45, 2.75) is 20.8 Å². The van der Waals surface area contributed by atoms with Gasteiger partial charge in [0.25, 0.3) is 0 Å². The third-order valence-corrected chi connectivity index (χ3v) is 3.75. The number of guanidine groups is 1. The molecule has 0 fully saturated rings. The Hall–Kier alpha value is -3.22. The van der Waals surface area contributed by atoms with Gasteiger partial charge in [-0.1, -0.05) is 6.07 Å². The number of carbonyl (C=O) groups is 2. The fourth-order valence-corrected chi connectivity index (χ4v) is 2.50. The standard InChI is InChI=1S/C19H23N5O2/c1-5-22-19(26)24-18(20-4)23-17-12(2)9-15(10-16(17)13(3)25)14-7-6-8-21-11-14/h6-11H,5H2,1-4H3,(H3,20,22,23,24,26). The molecule has 2 rings (SSSR count). The minimum absolute atomic E-state index is 0.0881. The van der Waals surface area contributed by atoms with Gasteiger partial charge in [0.1, 0.15) is 0 Å². The summed E-state index contributed by atoms with van der Waals surface area (Å²) < 4.78 is 0. The van der Waals surface area contributed by atoms with Crippen LogP contribution in [-0.4, -0.2) is 36.4 Å². The Labute approximate surface area is 152 Å². The molecule has 2 aromatic rings. The molecule has 0 unspecified atom stereocenters. The molecule has 1 heterocycles. The highest BCUT2D eigenvalue weighted by Crippen LogP contribution is 2.29. The predicted octanol–water partition coefficient (Wildman–Crippen LogP) is 2.98. The first-order valence-corrected chi connectivity index (χ1v) is 8.30. The Morgan fingerprint density at radius 2 is 2.00 bits per heavy atom. The highest BCUT2D eigenvalue weighted by molar-refractivity contribution is 6.09. The van der Waals surface area contributed by atoms with Crippen molar-refractivity contribution in [3.05, 3.63) is 47.8 Å². The quantitative estimate of drug-likeness (QED) is 0.447. The molecule has 7 heteroatoms.